The molecule has 0 aromatic heterocycles. The lowest BCUT2D eigenvalue weighted by Gasteiger charge is -2.55. The smallest absolute Gasteiger partial charge is 0.330 e. The molecule has 1 saturated heterocycles. The number of alkyl halides is 1. The summed E-state index contributed by atoms with van der Waals surface area (Å²) in [5, 5.41) is 3.59. The van der Waals surface area contributed by atoms with Crippen LogP contribution in [0.1, 0.15) is 58.7 Å². The van der Waals surface area contributed by atoms with Crippen LogP contribution < -0.4 is 14.8 Å². The number of carbonyl (C=O) groups is 2. The van der Waals surface area contributed by atoms with Crippen molar-refractivity contribution in [2.24, 2.45) is 10.4 Å². The second-order valence-electron chi connectivity index (χ2n) is 12.1. The van der Waals surface area contributed by atoms with Crippen LogP contribution in [0.15, 0.2) is 71.0 Å². The molecule has 0 spiro atoms. The third-order valence-electron chi connectivity index (χ3n) is 8.07. The first kappa shape index (κ1) is 28.6. The number of benzene rings is 2. The summed E-state index contributed by atoms with van der Waals surface area (Å²) in [5.41, 5.74) is 2.06. The Hall–Kier alpha value is -3.49. The monoisotopic (exact) mass is 608 g/mol. The maximum absolute atomic E-state index is 14.5. The topological polar surface area (TPSA) is 83.5 Å². The number of nitrogens with one attached hydrogen (secondary N) is 1. The molecule has 220 valence electrons. The molecule has 4 aliphatic rings. The minimum absolute atomic E-state index is 0.0239. The third-order valence-corrected chi connectivity index (χ3v) is 8.64. The molecular weight excluding hydrogens is 575 g/mol. The predicted molar refractivity (Wildman–Crippen MR) is 163 cm³/mol. The van der Waals surface area contributed by atoms with E-state index in [0.717, 1.165) is 5.56 Å². The number of fused-ring (bicyclic) bond motifs is 2. The largest absolute Gasteiger partial charge is 0.491 e. The van der Waals surface area contributed by atoms with Crippen molar-refractivity contribution in [1.82, 2.24) is 15.1 Å². The zero-order valence-electron chi connectivity index (χ0n) is 24.4. The standard InChI is InChI=1S/C32H34Cl2N4O4/c1-17(2)41-21-11-12-22(23(15-21)42-18(3)4)29-36-25(19-7-9-20(33)10-8-19)27-31(5)13-14-32(6,34)26-28(31)37(16-24(39)35-26)30(40)38(27)29/h7-15,17-18,25,27H,16H2,1-6H3,(H,35,39). The summed E-state index contributed by atoms with van der Waals surface area (Å²) in [5.74, 6) is 1.39. The number of carbonyl (C=O) groups excluding carboxylic acids is 2. The van der Waals surface area contributed by atoms with E-state index < -0.39 is 22.4 Å². The van der Waals surface area contributed by atoms with Gasteiger partial charge in [0.05, 0.1) is 46.7 Å². The number of ether oxygens (including phenoxy) is 2. The van der Waals surface area contributed by atoms with E-state index in [4.69, 9.17) is 37.7 Å². The quantitative estimate of drug-likeness (QED) is 0.302. The molecule has 42 heavy (non-hydrogen) atoms. The van der Waals surface area contributed by atoms with Crippen molar-refractivity contribution >= 4 is 41.0 Å². The number of nitrogens with zero attached hydrogens (tertiary/aromatic N) is 3. The van der Waals surface area contributed by atoms with Gasteiger partial charge in [0.25, 0.3) is 0 Å². The van der Waals surface area contributed by atoms with E-state index in [1.165, 1.54) is 0 Å². The van der Waals surface area contributed by atoms with Crippen molar-refractivity contribution in [2.75, 3.05) is 6.54 Å². The fourth-order valence-electron chi connectivity index (χ4n) is 6.38. The predicted octanol–water partition coefficient (Wildman–Crippen LogP) is 6.44. The second-order valence-corrected chi connectivity index (χ2v) is 13.3. The van der Waals surface area contributed by atoms with E-state index in [9.17, 15) is 9.59 Å². The molecule has 2 aromatic rings. The molecule has 3 amide bonds. The molecule has 8 nitrogen and oxygen atoms in total. The Kier molecular flexibility index (Phi) is 6.85. The first-order chi connectivity index (χ1) is 19.8. The summed E-state index contributed by atoms with van der Waals surface area (Å²) >= 11 is 13.2. The van der Waals surface area contributed by atoms with Crippen LogP contribution in [0.5, 0.6) is 11.5 Å². The van der Waals surface area contributed by atoms with Gasteiger partial charge in [0.15, 0.2) is 0 Å². The Balaban J connectivity index is 1.57. The summed E-state index contributed by atoms with van der Waals surface area (Å²) in [6.45, 7) is 11.6. The van der Waals surface area contributed by atoms with Crippen molar-refractivity contribution < 1.29 is 19.1 Å². The first-order valence-electron chi connectivity index (χ1n) is 14.2. The van der Waals surface area contributed by atoms with E-state index in [2.05, 4.69) is 18.3 Å². The van der Waals surface area contributed by atoms with Gasteiger partial charge in [0, 0.05) is 11.1 Å². The van der Waals surface area contributed by atoms with E-state index in [0.29, 0.717) is 39.3 Å². The van der Waals surface area contributed by atoms with Crippen LogP contribution in [0.25, 0.3) is 0 Å². The van der Waals surface area contributed by atoms with Gasteiger partial charge in [-0.2, -0.15) is 0 Å². The molecule has 3 heterocycles. The van der Waals surface area contributed by atoms with E-state index in [-0.39, 0.29) is 30.7 Å². The van der Waals surface area contributed by atoms with Gasteiger partial charge in [0.2, 0.25) is 5.91 Å². The van der Waals surface area contributed by atoms with Gasteiger partial charge in [-0.1, -0.05) is 35.9 Å². The van der Waals surface area contributed by atoms with Crippen LogP contribution in [-0.2, 0) is 4.79 Å². The van der Waals surface area contributed by atoms with Gasteiger partial charge in [-0.3, -0.25) is 19.6 Å². The average Bonchev–Trinajstić information content (AvgIpc) is 3.31. The minimum atomic E-state index is -0.978. The van der Waals surface area contributed by atoms with Gasteiger partial charge in [0.1, 0.15) is 28.8 Å². The number of amides is 3. The molecule has 1 fully saturated rings. The van der Waals surface area contributed by atoms with Crippen LogP contribution >= 0.6 is 23.2 Å². The van der Waals surface area contributed by atoms with E-state index >= 15 is 0 Å². The number of hydrogen-bond donors (Lipinski definition) is 1. The Bertz CT molecular complexity index is 1560. The molecule has 1 aliphatic carbocycles. The highest BCUT2D eigenvalue weighted by molar-refractivity contribution is 6.30. The van der Waals surface area contributed by atoms with Crippen molar-refractivity contribution in [3.63, 3.8) is 0 Å². The van der Waals surface area contributed by atoms with Crippen LogP contribution in [0.3, 0.4) is 0 Å². The molecule has 4 atom stereocenters. The Labute approximate surface area is 256 Å². The summed E-state index contributed by atoms with van der Waals surface area (Å²) in [7, 11) is 0. The second kappa shape index (κ2) is 10.1. The highest BCUT2D eigenvalue weighted by Crippen LogP contribution is 2.56. The SMILES string of the molecule is CC(C)Oc1ccc(C2=NC(c3ccc(Cl)cc3)C3N2C(=O)N2CC(=O)NC4=C2C3(C)C=CC4(C)Cl)c(OC(C)C)c1. The van der Waals surface area contributed by atoms with Gasteiger partial charge >= 0.3 is 6.03 Å². The minimum Gasteiger partial charge on any atom is -0.491 e. The molecular formula is C32H34Cl2N4O4. The lowest BCUT2D eigenvalue weighted by atomic mass is 9.67. The van der Waals surface area contributed by atoms with Gasteiger partial charge < -0.3 is 14.8 Å². The van der Waals surface area contributed by atoms with Crippen molar-refractivity contribution in [3.05, 3.63) is 82.2 Å². The number of allylic oxidation sites excluding steroid dienone is 1. The van der Waals surface area contributed by atoms with E-state index in [1.807, 2.05) is 83.2 Å². The molecule has 10 heteroatoms. The van der Waals surface area contributed by atoms with Crippen LogP contribution in [-0.4, -0.2) is 57.2 Å². The zero-order valence-corrected chi connectivity index (χ0v) is 26.0. The van der Waals surface area contributed by atoms with Crippen LogP contribution in [0, 0.1) is 5.41 Å². The maximum atomic E-state index is 14.5. The molecule has 0 bridgehead atoms. The Morgan fingerprint density at radius 2 is 1.69 bits per heavy atom. The third kappa shape index (κ3) is 4.56. The summed E-state index contributed by atoms with van der Waals surface area (Å²) < 4.78 is 12.2. The fraction of sp³-hybridized carbons (Fsp3) is 0.406. The zero-order chi connectivity index (χ0) is 30.1. The molecule has 1 N–H and O–H groups in total. The Morgan fingerprint density at radius 1 is 1.00 bits per heavy atom. The van der Waals surface area contributed by atoms with Gasteiger partial charge in [-0.05, 0) is 71.4 Å². The highest BCUT2D eigenvalue weighted by atomic mass is 35.5. The Morgan fingerprint density at radius 3 is 2.36 bits per heavy atom. The first-order valence-corrected chi connectivity index (χ1v) is 14.9. The van der Waals surface area contributed by atoms with Crippen molar-refractivity contribution in [3.8, 4) is 11.5 Å². The maximum Gasteiger partial charge on any atom is 0.330 e. The molecule has 4 unspecified atom stereocenters. The fourth-order valence-corrected chi connectivity index (χ4v) is 6.70. The molecule has 0 radical (unpaired) electrons. The number of amidine groups is 1. The van der Waals surface area contributed by atoms with Crippen LogP contribution in [0.4, 0.5) is 4.79 Å². The lowest BCUT2D eigenvalue weighted by molar-refractivity contribution is -0.122. The summed E-state index contributed by atoms with van der Waals surface area (Å²) in [6, 6.07) is 11.9. The number of rotatable bonds is 6. The van der Waals surface area contributed by atoms with Crippen molar-refractivity contribution in [2.45, 2.75) is 70.7 Å². The van der Waals surface area contributed by atoms with Gasteiger partial charge in [-0.15, -0.1) is 11.6 Å². The number of halogens is 2. The molecule has 0 saturated carbocycles. The number of urea groups is 1. The van der Waals surface area contributed by atoms with Crippen molar-refractivity contribution in [1.29, 1.82) is 0 Å². The number of aliphatic imine (C=N–C) groups is 1. The van der Waals surface area contributed by atoms with Gasteiger partial charge in [-0.25, -0.2) is 4.79 Å². The number of hydrogen-bond acceptors (Lipinski definition) is 5. The molecule has 6 rings (SSSR count). The molecule has 3 aliphatic heterocycles. The summed E-state index contributed by atoms with van der Waals surface area (Å²) in [4.78, 5) is 35.0. The van der Waals surface area contributed by atoms with E-state index in [1.54, 1.807) is 9.80 Å². The average molecular weight is 610 g/mol. The summed E-state index contributed by atoms with van der Waals surface area (Å²) in [6.07, 6.45) is 3.79. The lowest BCUT2D eigenvalue weighted by Crippen LogP contribution is -2.67. The molecule has 2 aromatic carbocycles. The highest BCUT2D eigenvalue weighted by Gasteiger charge is 2.62. The van der Waals surface area contributed by atoms with Crippen LogP contribution in [0.2, 0.25) is 5.02 Å². The normalized spacial score (nSPS) is 28.2.